The normalized spacial score (nSPS) is 24.2. The van der Waals surface area contributed by atoms with Crippen LogP contribution in [0.4, 0.5) is 0 Å². The van der Waals surface area contributed by atoms with Crippen LogP contribution < -0.4 is 0 Å². The Morgan fingerprint density at radius 1 is 0.500 bits per heavy atom. The predicted octanol–water partition coefficient (Wildman–Crippen LogP) is 13.1. The zero-order valence-electron chi connectivity index (χ0n) is 28.7. The zero-order chi connectivity index (χ0) is 33.7. The van der Waals surface area contributed by atoms with Crippen molar-refractivity contribution in [3.63, 3.8) is 0 Å². The summed E-state index contributed by atoms with van der Waals surface area (Å²) in [4.78, 5) is 4.85. The van der Waals surface area contributed by atoms with E-state index in [1.165, 1.54) is 86.7 Å². The summed E-state index contributed by atoms with van der Waals surface area (Å²) >= 11 is 0. The van der Waals surface area contributed by atoms with Crippen LogP contribution in [0.1, 0.15) is 43.2 Å². The minimum atomic E-state index is 0.0368. The van der Waals surface area contributed by atoms with Crippen LogP contribution in [-0.4, -0.2) is 4.98 Å². The van der Waals surface area contributed by atoms with Crippen LogP contribution in [0, 0.1) is 23.7 Å². The first-order valence-electron chi connectivity index (χ1n) is 19.1. The van der Waals surface area contributed by atoms with Crippen molar-refractivity contribution in [1.29, 1.82) is 0 Å². The van der Waals surface area contributed by atoms with Crippen LogP contribution in [0.2, 0.25) is 0 Å². The van der Waals surface area contributed by atoms with Crippen LogP contribution in [0.25, 0.3) is 88.3 Å². The molecular formula is C49H35NO2. The van der Waals surface area contributed by atoms with Gasteiger partial charge in [-0.3, -0.25) is 0 Å². The summed E-state index contributed by atoms with van der Waals surface area (Å²) in [7, 11) is 0. The third-order valence-corrected chi connectivity index (χ3v) is 13.9. The molecule has 0 atom stereocenters. The molecule has 0 aliphatic heterocycles. The van der Waals surface area contributed by atoms with Gasteiger partial charge in [-0.25, -0.2) is 4.98 Å². The highest BCUT2D eigenvalue weighted by Crippen LogP contribution is 2.70. The van der Waals surface area contributed by atoms with Gasteiger partial charge in [0, 0.05) is 27.1 Å². The molecule has 0 radical (unpaired) electrons. The quantitative estimate of drug-likeness (QED) is 0.184. The molecule has 14 rings (SSSR count). The number of benzene rings is 7. The average molecular weight is 670 g/mol. The van der Waals surface area contributed by atoms with E-state index in [2.05, 4.69) is 103 Å². The van der Waals surface area contributed by atoms with E-state index >= 15 is 0 Å². The summed E-state index contributed by atoms with van der Waals surface area (Å²) in [6.45, 7) is 0. The number of oxazole rings is 1. The molecule has 5 aliphatic rings. The molecule has 52 heavy (non-hydrogen) atoms. The highest BCUT2D eigenvalue weighted by molar-refractivity contribution is 6.15. The van der Waals surface area contributed by atoms with E-state index in [1.54, 1.807) is 11.1 Å². The van der Waals surface area contributed by atoms with Crippen LogP contribution in [0.3, 0.4) is 0 Å². The second-order valence-corrected chi connectivity index (χ2v) is 16.3. The van der Waals surface area contributed by atoms with Gasteiger partial charge in [0.1, 0.15) is 16.7 Å². The van der Waals surface area contributed by atoms with Crippen molar-refractivity contribution in [2.24, 2.45) is 23.7 Å². The predicted molar refractivity (Wildman–Crippen MR) is 210 cm³/mol. The van der Waals surface area contributed by atoms with E-state index in [9.17, 15) is 0 Å². The summed E-state index contributed by atoms with van der Waals surface area (Å²) in [6.07, 6.45) is 6.86. The standard InChI is InChI=1S/C49H35NO2/c1-2-6-37-29(5-1)9-18-41-39-16-11-31(26-45(39)51-47(37)41)30-10-15-38-40-17-12-32-24-33(48-50-43-7-3-4-8-44(43)52-48)13-14-36(32)46(40)49(42(38)25-30)34-20-27-19-28(22-34)23-35(49)21-27/h1-18,24-28,34-35H,19-23H2. The van der Waals surface area contributed by atoms with E-state index in [-0.39, 0.29) is 5.41 Å². The molecule has 2 aromatic heterocycles. The minimum absolute atomic E-state index is 0.0368. The van der Waals surface area contributed by atoms with Crippen LogP contribution >= 0.6 is 0 Å². The first-order valence-corrected chi connectivity index (χ1v) is 19.1. The SMILES string of the molecule is c1ccc2c(c1)ccc1c3ccc(-c4ccc5c(c4)C4(c6c-5ccc5cc(-c7nc8ccccc8o7)ccc65)C5CC6CC(C5)CC4C6)cc3oc21. The van der Waals surface area contributed by atoms with Crippen molar-refractivity contribution in [2.45, 2.75) is 37.5 Å². The Balaban J connectivity index is 0.998. The van der Waals surface area contributed by atoms with Gasteiger partial charge in [-0.15, -0.1) is 0 Å². The molecule has 248 valence electrons. The molecule has 4 saturated carbocycles. The molecule has 5 aliphatic carbocycles. The molecule has 9 aromatic rings. The maximum atomic E-state index is 6.65. The van der Waals surface area contributed by atoms with Gasteiger partial charge in [-0.2, -0.15) is 0 Å². The highest BCUT2D eigenvalue weighted by atomic mass is 16.3. The van der Waals surface area contributed by atoms with Crippen molar-refractivity contribution < 1.29 is 8.83 Å². The number of furan rings is 1. The summed E-state index contributed by atoms with van der Waals surface area (Å²) in [6, 6.07) is 47.0. The van der Waals surface area contributed by atoms with E-state index in [0.717, 1.165) is 39.7 Å². The Bertz CT molecular complexity index is 2930. The van der Waals surface area contributed by atoms with Crippen molar-refractivity contribution in [3.8, 4) is 33.7 Å². The third kappa shape index (κ3) is 3.54. The minimum Gasteiger partial charge on any atom is -0.455 e. The molecule has 7 aromatic carbocycles. The topological polar surface area (TPSA) is 39.2 Å². The molecule has 3 heteroatoms. The summed E-state index contributed by atoms with van der Waals surface area (Å²) in [5.74, 6) is 3.81. The maximum absolute atomic E-state index is 6.65. The lowest BCUT2D eigenvalue weighted by atomic mass is 9.43. The van der Waals surface area contributed by atoms with Gasteiger partial charge in [0.05, 0.1) is 0 Å². The molecule has 3 nitrogen and oxygen atoms in total. The molecule has 4 fully saturated rings. The third-order valence-electron chi connectivity index (χ3n) is 13.9. The first-order chi connectivity index (χ1) is 25.7. The molecule has 0 saturated heterocycles. The summed E-state index contributed by atoms with van der Waals surface area (Å²) < 4.78 is 12.9. The molecule has 0 unspecified atom stereocenters. The molecule has 2 heterocycles. The van der Waals surface area contributed by atoms with Crippen molar-refractivity contribution in [2.75, 3.05) is 0 Å². The lowest BCUT2D eigenvalue weighted by molar-refractivity contribution is -0.0393. The Morgan fingerprint density at radius 2 is 1.21 bits per heavy atom. The highest BCUT2D eigenvalue weighted by Gasteiger charge is 2.62. The number of hydrogen-bond donors (Lipinski definition) is 0. The second-order valence-electron chi connectivity index (χ2n) is 16.3. The second kappa shape index (κ2) is 9.80. The zero-order valence-corrected chi connectivity index (χ0v) is 28.7. The van der Waals surface area contributed by atoms with Gasteiger partial charge in [-0.1, -0.05) is 78.9 Å². The fourth-order valence-electron chi connectivity index (χ4n) is 12.0. The Morgan fingerprint density at radius 3 is 2.10 bits per heavy atom. The number of hydrogen-bond acceptors (Lipinski definition) is 3. The van der Waals surface area contributed by atoms with Crippen molar-refractivity contribution in [3.05, 3.63) is 139 Å². The number of fused-ring (bicyclic) bond motifs is 11. The Kier molecular flexibility index (Phi) is 5.27. The number of nitrogens with zero attached hydrogens (tertiary/aromatic N) is 1. The average Bonchev–Trinajstić information content (AvgIpc) is 3.87. The number of para-hydroxylation sites is 2. The van der Waals surface area contributed by atoms with Gasteiger partial charge in [0.15, 0.2) is 5.58 Å². The van der Waals surface area contributed by atoms with Crippen LogP contribution in [0.5, 0.6) is 0 Å². The van der Waals surface area contributed by atoms with Crippen LogP contribution in [-0.2, 0) is 5.41 Å². The van der Waals surface area contributed by atoms with Crippen molar-refractivity contribution >= 4 is 54.6 Å². The smallest absolute Gasteiger partial charge is 0.227 e. The van der Waals surface area contributed by atoms with Crippen LogP contribution in [0.15, 0.2) is 136 Å². The summed E-state index contributed by atoms with van der Waals surface area (Å²) in [5, 5.41) is 7.43. The van der Waals surface area contributed by atoms with Gasteiger partial charge in [-0.05, 0) is 154 Å². The van der Waals surface area contributed by atoms with Gasteiger partial charge < -0.3 is 8.83 Å². The van der Waals surface area contributed by atoms with E-state index in [1.807, 2.05) is 24.3 Å². The fraction of sp³-hybridized carbons (Fsp3) is 0.204. The molecule has 0 N–H and O–H groups in total. The van der Waals surface area contributed by atoms with E-state index in [0.29, 0.717) is 17.7 Å². The molecular weight excluding hydrogens is 635 g/mol. The van der Waals surface area contributed by atoms with Gasteiger partial charge in [0.2, 0.25) is 5.89 Å². The summed E-state index contributed by atoms with van der Waals surface area (Å²) in [5.41, 5.74) is 13.3. The van der Waals surface area contributed by atoms with Gasteiger partial charge in [0.25, 0.3) is 0 Å². The number of rotatable bonds is 2. The van der Waals surface area contributed by atoms with Crippen molar-refractivity contribution in [1.82, 2.24) is 4.98 Å². The van der Waals surface area contributed by atoms with E-state index < -0.39 is 0 Å². The largest absolute Gasteiger partial charge is 0.455 e. The van der Waals surface area contributed by atoms with E-state index in [4.69, 9.17) is 13.8 Å². The molecule has 4 bridgehead atoms. The Labute approximate surface area is 300 Å². The fourth-order valence-corrected chi connectivity index (χ4v) is 12.0. The lowest BCUT2D eigenvalue weighted by Gasteiger charge is -2.61. The molecule has 1 spiro atoms. The van der Waals surface area contributed by atoms with Gasteiger partial charge >= 0.3 is 0 Å². The number of aromatic nitrogens is 1. The monoisotopic (exact) mass is 669 g/mol. The maximum Gasteiger partial charge on any atom is 0.227 e. The first kappa shape index (κ1) is 28.0. The lowest BCUT2D eigenvalue weighted by Crippen LogP contribution is -2.55. The molecule has 0 amide bonds. The Hall–Kier alpha value is -5.67.